The van der Waals surface area contributed by atoms with Crippen LogP contribution in [0.4, 0.5) is 13.2 Å². The summed E-state index contributed by atoms with van der Waals surface area (Å²) in [5.41, 5.74) is 0.366. The highest BCUT2D eigenvalue weighted by atomic mass is 32.1. The summed E-state index contributed by atoms with van der Waals surface area (Å²) < 4.78 is 39.3. The van der Waals surface area contributed by atoms with Crippen LogP contribution in [-0.4, -0.2) is 44.1 Å². The Hall–Kier alpha value is -2.75. The molecule has 6 nitrogen and oxygen atoms in total. The average molecular weight is 435 g/mol. The first kappa shape index (κ1) is 20.5. The van der Waals surface area contributed by atoms with Crippen LogP contribution in [0, 0.1) is 12.8 Å². The fourth-order valence-corrected chi connectivity index (χ4v) is 4.30. The van der Waals surface area contributed by atoms with Gasteiger partial charge in [0.2, 0.25) is 0 Å². The first-order chi connectivity index (χ1) is 14.2. The van der Waals surface area contributed by atoms with Crippen LogP contribution in [0.1, 0.15) is 41.6 Å². The molecule has 1 N–H and O–H groups in total. The van der Waals surface area contributed by atoms with E-state index in [1.807, 2.05) is 0 Å². The molecule has 1 saturated heterocycles. The van der Waals surface area contributed by atoms with Crippen molar-refractivity contribution in [1.29, 1.82) is 0 Å². The smallest absolute Gasteiger partial charge is 0.339 e. The lowest BCUT2D eigenvalue weighted by Crippen LogP contribution is -2.38. The monoisotopic (exact) mass is 435 g/mol. The summed E-state index contributed by atoms with van der Waals surface area (Å²) in [6, 6.07) is 5.01. The van der Waals surface area contributed by atoms with Gasteiger partial charge in [-0.3, -0.25) is 4.79 Å². The highest BCUT2D eigenvalue weighted by Gasteiger charge is 2.34. The molecule has 0 bridgehead atoms. The van der Waals surface area contributed by atoms with Crippen molar-refractivity contribution in [3.63, 3.8) is 0 Å². The number of aryl methyl sites for hydroxylation is 1. The van der Waals surface area contributed by atoms with Crippen LogP contribution in [-0.2, 0) is 6.18 Å². The van der Waals surface area contributed by atoms with Crippen molar-refractivity contribution >= 4 is 17.2 Å². The summed E-state index contributed by atoms with van der Waals surface area (Å²) >= 11 is 0.869. The lowest BCUT2D eigenvalue weighted by molar-refractivity contribution is -0.140. The Balaban J connectivity index is 1.77. The molecule has 0 saturated carbocycles. The van der Waals surface area contributed by atoms with E-state index in [4.69, 9.17) is 0 Å². The molecule has 158 valence electrons. The molecule has 0 radical (unpaired) electrons. The van der Waals surface area contributed by atoms with Gasteiger partial charge < -0.3 is 9.88 Å². The minimum atomic E-state index is -4.54. The summed E-state index contributed by atoms with van der Waals surface area (Å²) in [5, 5.41) is 9.08. The second-order valence-electron chi connectivity index (χ2n) is 7.53. The van der Waals surface area contributed by atoms with Crippen molar-refractivity contribution < 1.29 is 18.0 Å². The number of nitrogens with zero attached hydrogens (tertiary/aromatic N) is 4. The summed E-state index contributed by atoms with van der Waals surface area (Å²) in [6.07, 6.45) is -2.72. The van der Waals surface area contributed by atoms with Crippen LogP contribution >= 0.6 is 11.3 Å². The quantitative estimate of drug-likeness (QED) is 0.642. The highest BCUT2D eigenvalue weighted by Crippen LogP contribution is 2.36. The van der Waals surface area contributed by atoms with Gasteiger partial charge in [0.05, 0.1) is 0 Å². The Morgan fingerprint density at radius 2 is 1.97 bits per heavy atom. The van der Waals surface area contributed by atoms with Gasteiger partial charge in [-0.2, -0.15) is 13.2 Å². The maximum atomic E-state index is 13.2. The zero-order chi connectivity index (χ0) is 21.5. The highest BCUT2D eigenvalue weighted by molar-refractivity contribution is 7.13. The molecule has 0 unspecified atom stereocenters. The van der Waals surface area contributed by atoms with Crippen LogP contribution in [0.15, 0.2) is 23.6 Å². The third-order valence-electron chi connectivity index (χ3n) is 5.22. The van der Waals surface area contributed by atoms with E-state index in [2.05, 4.69) is 27.1 Å². The zero-order valence-corrected chi connectivity index (χ0v) is 17.3. The van der Waals surface area contributed by atoms with Gasteiger partial charge in [0.1, 0.15) is 10.8 Å². The van der Waals surface area contributed by atoms with Crippen LogP contribution in [0.3, 0.4) is 0 Å². The van der Waals surface area contributed by atoms with Gasteiger partial charge in [-0.05, 0) is 37.8 Å². The van der Waals surface area contributed by atoms with Crippen molar-refractivity contribution in [3.05, 3.63) is 40.7 Å². The van der Waals surface area contributed by atoms with E-state index in [1.165, 1.54) is 0 Å². The van der Waals surface area contributed by atoms with Gasteiger partial charge in [0, 0.05) is 35.2 Å². The van der Waals surface area contributed by atoms with Gasteiger partial charge in [0.25, 0.3) is 5.91 Å². The minimum absolute atomic E-state index is 0.147. The predicted molar refractivity (Wildman–Crippen MR) is 107 cm³/mol. The topological polar surface area (TPSA) is 74.8 Å². The van der Waals surface area contributed by atoms with Crippen LogP contribution in [0.5, 0.6) is 0 Å². The number of aromatic nitrogens is 4. The van der Waals surface area contributed by atoms with E-state index < -0.39 is 11.9 Å². The van der Waals surface area contributed by atoms with Crippen LogP contribution in [0.2, 0.25) is 0 Å². The molecule has 10 heteroatoms. The number of hydrogen-bond donors (Lipinski definition) is 1. The summed E-state index contributed by atoms with van der Waals surface area (Å²) in [7, 11) is 0. The van der Waals surface area contributed by atoms with E-state index in [1.54, 1.807) is 30.0 Å². The third-order valence-corrected chi connectivity index (χ3v) is 6.09. The molecule has 2 aromatic heterocycles. The van der Waals surface area contributed by atoms with E-state index in [0.717, 1.165) is 29.6 Å². The largest absolute Gasteiger partial charge is 0.434 e. The van der Waals surface area contributed by atoms with Crippen molar-refractivity contribution in [2.24, 2.45) is 5.92 Å². The fraction of sp³-hybridized carbons (Fsp3) is 0.400. The van der Waals surface area contributed by atoms with Crippen molar-refractivity contribution in [1.82, 2.24) is 25.1 Å². The Labute approximate surface area is 175 Å². The summed E-state index contributed by atoms with van der Waals surface area (Å²) in [6.45, 7) is 5.17. The molecule has 1 aliphatic rings. The molecule has 1 amide bonds. The number of benzene rings is 1. The Bertz CT molecular complexity index is 1070. The number of carbonyl (C=O) groups is 1. The second-order valence-corrected chi connectivity index (χ2v) is 8.39. The first-order valence-corrected chi connectivity index (χ1v) is 10.5. The summed E-state index contributed by atoms with van der Waals surface area (Å²) in [4.78, 5) is 21.7. The number of rotatable bonds is 3. The molecule has 1 aliphatic heterocycles. The molecular weight excluding hydrogens is 415 g/mol. The number of piperidine rings is 1. The number of thiazole rings is 1. The zero-order valence-electron chi connectivity index (χ0n) is 16.5. The van der Waals surface area contributed by atoms with Gasteiger partial charge in [-0.1, -0.05) is 13.0 Å². The molecule has 30 heavy (non-hydrogen) atoms. The normalized spacial score (nSPS) is 15.6. The van der Waals surface area contributed by atoms with Crippen LogP contribution in [0.25, 0.3) is 22.0 Å². The number of carbonyl (C=O) groups excluding carboxylic acids is 1. The molecule has 3 heterocycles. The molecule has 4 rings (SSSR count). The molecule has 0 spiro atoms. The maximum absolute atomic E-state index is 13.2. The van der Waals surface area contributed by atoms with Gasteiger partial charge in [0.15, 0.2) is 11.5 Å². The fourth-order valence-electron chi connectivity index (χ4n) is 3.44. The van der Waals surface area contributed by atoms with Crippen molar-refractivity contribution in [2.45, 2.75) is 32.9 Å². The molecule has 1 aromatic carbocycles. The van der Waals surface area contributed by atoms with E-state index in [9.17, 15) is 18.0 Å². The van der Waals surface area contributed by atoms with E-state index in [-0.39, 0.29) is 10.9 Å². The molecule has 3 aromatic rings. The molecule has 0 atom stereocenters. The number of aromatic amines is 1. The Morgan fingerprint density at radius 1 is 1.23 bits per heavy atom. The number of halogens is 3. The third kappa shape index (κ3) is 4.09. The maximum Gasteiger partial charge on any atom is 0.434 e. The van der Waals surface area contributed by atoms with Gasteiger partial charge >= 0.3 is 6.18 Å². The molecule has 1 fully saturated rings. The van der Waals surface area contributed by atoms with Gasteiger partial charge in [-0.15, -0.1) is 21.5 Å². The lowest BCUT2D eigenvalue weighted by Gasteiger charge is -2.30. The number of alkyl halides is 3. The van der Waals surface area contributed by atoms with Crippen LogP contribution < -0.4 is 0 Å². The Kier molecular flexibility index (Phi) is 5.35. The summed E-state index contributed by atoms with van der Waals surface area (Å²) in [5.74, 6) is 1.45. The van der Waals surface area contributed by atoms with Gasteiger partial charge in [-0.25, -0.2) is 4.98 Å². The lowest BCUT2D eigenvalue weighted by atomic mass is 9.97. The number of hydrogen-bond acceptors (Lipinski definition) is 5. The number of amides is 1. The number of H-pyrrole nitrogens is 1. The SMILES string of the molecule is Cc1nnc(-c2ccc(C(=O)N3CCC(C)CC3)c(-c3nc(C(F)(F)F)cs3)c2)[nH]1. The average Bonchev–Trinajstić information content (AvgIpc) is 3.37. The number of nitrogens with one attached hydrogen (secondary N) is 1. The molecular formula is C20H20F3N5OS. The van der Waals surface area contributed by atoms with Crippen molar-refractivity contribution in [3.8, 4) is 22.0 Å². The number of likely N-dealkylation sites (tertiary alicyclic amines) is 1. The van der Waals surface area contributed by atoms with E-state index >= 15 is 0 Å². The second kappa shape index (κ2) is 7.82. The van der Waals surface area contributed by atoms with E-state index in [0.29, 0.717) is 47.3 Å². The van der Waals surface area contributed by atoms with Crippen molar-refractivity contribution in [2.75, 3.05) is 13.1 Å². The standard InChI is InChI=1S/C20H20F3N5OS/c1-11-5-7-28(8-6-11)19(29)14-4-3-13(17-24-12(2)26-27-17)9-15(14)18-25-16(10-30-18)20(21,22)23/h3-4,9-11H,5-8H2,1-2H3,(H,24,26,27). The minimum Gasteiger partial charge on any atom is -0.339 e. The predicted octanol–water partition coefficient (Wildman–Crippen LogP) is 4.79. The Morgan fingerprint density at radius 3 is 2.57 bits per heavy atom. The first-order valence-electron chi connectivity index (χ1n) is 9.58. The molecule has 0 aliphatic carbocycles.